The lowest BCUT2D eigenvalue weighted by Crippen LogP contribution is -2.11. The van der Waals surface area contributed by atoms with Gasteiger partial charge in [-0.25, -0.2) is 0 Å². The molecule has 0 fully saturated rings. The molecule has 1 unspecified atom stereocenters. The monoisotopic (exact) mass is 250 g/mol. The topological polar surface area (TPSA) is 46.5 Å². The molecule has 0 bridgehead atoms. The fourth-order valence-electron chi connectivity index (χ4n) is 1.75. The van der Waals surface area contributed by atoms with Crippen LogP contribution in [0, 0.1) is 5.92 Å². The van der Waals surface area contributed by atoms with Crippen molar-refractivity contribution in [1.29, 1.82) is 0 Å². The molecule has 2 rings (SSSR count). The molecule has 0 spiro atoms. The molecular formula is C13H14O3S. The maximum absolute atomic E-state index is 10.8. The number of carbonyl (C=O) groups is 1. The largest absolute Gasteiger partial charge is 0.496 e. The summed E-state index contributed by atoms with van der Waals surface area (Å²) in [5.41, 5.74) is 0. The Hall–Kier alpha value is -1.55. The Morgan fingerprint density at radius 2 is 2.29 bits per heavy atom. The van der Waals surface area contributed by atoms with Crippen LogP contribution in [-0.4, -0.2) is 18.2 Å². The van der Waals surface area contributed by atoms with Crippen LogP contribution in [0.3, 0.4) is 0 Å². The lowest BCUT2D eigenvalue weighted by molar-refractivity contribution is -0.141. The van der Waals surface area contributed by atoms with E-state index in [1.54, 1.807) is 25.4 Å². The van der Waals surface area contributed by atoms with Gasteiger partial charge in [0, 0.05) is 15.0 Å². The Morgan fingerprint density at radius 3 is 2.94 bits per heavy atom. The normalized spacial score (nSPS) is 12.6. The zero-order chi connectivity index (χ0) is 12.4. The van der Waals surface area contributed by atoms with Crippen molar-refractivity contribution >= 4 is 27.4 Å². The van der Waals surface area contributed by atoms with Crippen LogP contribution in [0.2, 0.25) is 0 Å². The van der Waals surface area contributed by atoms with Gasteiger partial charge < -0.3 is 9.84 Å². The van der Waals surface area contributed by atoms with Crippen LogP contribution in [0.1, 0.15) is 11.8 Å². The van der Waals surface area contributed by atoms with Crippen LogP contribution >= 0.6 is 11.3 Å². The highest BCUT2D eigenvalue weighted by molar-refractivity contribution is 7.19. The first-order valence-electron chi connectivity index (χ1n) is 5.40. The van der Waals surface area contributed by atoms with Crippen LogP contribution in [0.15, 0.2) is 24.3 Å². The summed E-state index contributed by atoms with van der Waals surface area (Å²) in [6.45, 7) is 1.73. The summed E-state index contributed by atoms with van der Waals surface area (Å²) in [4.78, 5) is 11.9. The van der Waals surface area contributed by atoms with E-state index in [1.165, 1.54) is 0 Å². The molecule has 3 nitrogen and oxygen atoms in total. The summed E-state index contributed by atoms with van der Waals surface area (Å²) in [5, 5.41) is 9.96. The Morgan fingerprint density at radius 1 is 1.53 bits per heavy atom. The van der Waals surface area contributed by atoms with Crippen LogP contribution < -0.4 is 4.74 Å². The summed E-state index contributed by atoms with van der Waals surface area (Å²) in [6, 6.07) is 7.91. The summed E-state index contributed by atoms with van der Waals surface area (Å²) >= 11 is 1.63. The number of carboxylic acid groups (broad SMARTS) is 1. The minimum absolute atomic E-state index is 0.353. The van der Waals surface area contributed by atoms with E-state index in [1.807, 2.05) is 24.3 Å². The molecule has 0 saturated carbocycles. The highest BCUT2D eigenvalue weighted by atomic mass is 32.1. The van der Waals surface area contributed by atoms with E-state index < -0.39 is 5.97 Å². The van der Waals surface area contributed by atoms with Gasteiger partial charge in [-0.05, 0) is 24.6 Å². The number of aliphatic carboxylic acids is 1. The van der Waals surface area contributed by atoms with Crippen molar-refractivity contribution in [2.75, 3.05) is 7.11 Å². The molecule has 0 saturated heterocycles. The smallest absolute Gasteiger partial charge is 0.306 e. The highest BCUT2D eigenvalue weighted by Gasteiger charge is 2.14. The summed E-state index contributed by atoms with van der Waals surface area (Å²) < 4.78 is 6.42. The number of thiophene rings is 1. The SMILES string of the molecule is COc1cccc2sc(CC(C)C(=O)O)cc12. The third-order valence-corrected chi connectivity index (χ3v) is 3.84. The maximum Gasteiger partial charge on any atom is 0.306 e. The standard InChI is InChI=1S/C13H14O3S/c1-8(13(14)15)6-9-7-10-11(16-2)4-3-5-12(10)17-9/h3-5,7-8H,6H2,1-2H3,(H,14,15). The Bertz CT molecular complexity index is 545. The Balaban J connectivity index is 2.34. The van der Waals surface area contributed by atoms with Crippen molar-refractivity contribution in [2.45, 2.75) is 13.3 Å². The van der Waals surface area contributed by atoms with Crippen molar-refractivity contribution in [1.82, 2.24) is 0 Å². The predicted octanol–water partition coefficient (Wildman–Crippen LogP) is 3.17. The lowest BCUT2D eigenvalue weighted by atomic mass is 10.1. The lowest BCUT2D eigenvalue weighted by Gasteiger charge is -2.02. The van der Waals surface area contributed by atoms with Gasteiger partial charge in [-0.2, -0.15) is 0 Å². The number of rotatable bonds is 4. The number of benzene rings is 1. The van der Waals surface area contributed by atoms with Gasteiger partial charge in [-0.15, -0.1) is 11.3 Å². The fourth-order valence-corrected chi connectivity index (χ4v) is 2.96. The van der Waals surface area contributed by atoms with Gasteiger partial charge >= 0.3 is 5.97 Å². The molecule has 17 heavy (non-hydrogen) atoms. The zero-order valence-electron chi connectivity index (χ0n) is 9.77. The minimum Gasteiger partial charge on any atom is -0.496 e. The summed E-state index contributed by atoms with van der Waals surface area (Å²) in [7, 11) is 1.64. The van der Waals surface area contributed by atoms with Gasteiger partial charge in [0.25, 0.3) is 0 Å². The maximum atomic E-state index is 10.8. The average molecular weight is 250 g/mol. The van der Waals surface area contributed by atoms with E-state index in [0.29, 0.717) is 6.42 Å². The van der Waals surface area contributed by atoms with Crippen LogP contribution in [-0.2, 0) is 11.2 Å². The van der Waals surface area contributed by atoms with Gasteiger partial charge in [0.1, 0.15) is 5.75 Å². The van der Waals surface area contributed by atoms with E-state index >= 15 is 0 Å². The highest BCUT2D eigenvalue weighted by Crippen LogP contribution is 2.33. The first-order valence-corrected chi connectivity index (χ1v) is 6.21. The fraction of sp³-hybridized carbons (Fsp3) is 0.308. The third kappa shape index (κ3) is 2.42. The number of ether oxygens (including phenoxy) is 1. The molecule has 0 amide bonds. The first kappa shape index (κ1) is 11.9. The molecule has 1 aromatic heterocycles. The van der Waals surface area contributed by atoms with Gasteiger partial charge in [-0.1, -0.05) is 13.0 Å². The van der Waals surface area contributed by atoms with Crippen LogP contribution in [0.4, 0.5) is 0 Å². The molecule has 1 atom stereocenters. The van der Waals surface area contributed by atoms with Gasteiger partial charge in [0.05, 0.1) is 13.0 Å². The van der Waals surface area contributed by atoms with Gasteiger partial charge in [0.2, 0.25) is 0 Å². The Kier molecular flexibility index (Phi) is 3.33. The van der Waals surface area contributed by atoms with Crippen molar-refractivity contribution in [3.8, 4) is 5.75 Å². The van der Waals surface area contributed by atoms with Crippen molar-refractivity contribution in [3.05, 3.63) is 29.1 Å². The van der Waals surface area contributed by atoms with E-state index in [4.69, 9.17) is 9.84 Å². The number of hydrogen-bond acceptors (Lipinski definition) is 3. The second-order valence-corrected chi connectivity index (χ2v) is 5.20. The zero-order valence-corrected chi connectivity index (χ0v) is 10.6. The molecule has 1 aromatic carbocycles. The Labute approximate surface area is 104 Å². The minimum atomic E-state index is -0.755. The molecule has 4 heteroatoms. The number of hydrogen-bond donors (Lipinski definition) is 1. The molecule has 1 N–H and O–H groups in total. The summed E-state index contributed by atoms with van der Waals surface area (Å²) in [6.07, 6.45) is 0.567. The first-order chi connectivity index (χ1) is 8.11. The quantitative estimate of drug-likeness (QED) is 0.906. The molecule has 2 aromatic rings. The summed E-state index contributed by atoms with van der Waals surface area (Å²) in [5.74, 6) is -0.267. The number of fused-ring (bicyclic) bond motifs is 1. The molecule has 90 valence electrons. The average Bonchev–Trinajstić information content (AvgIpc) is 2.70. The second kappa shape index (κ2) is 4.75. The molecular weight excluding hydrogens is 236 g/mol. The van der Waals surface area contributed by atoms with E-state index in [2.05, 4.69) is 0 Å². The molecule has 0 aliphatic heterocycles. The van der Waals surface area contributed by atoms with E-state index in [0.717, 1.165) is 20.7 Å². The van der Waals surface area contributed by atoms with Gasteiger partial charge in [-0.3, -0.25) is 4.79 Å². The van der Waals surface area contributed by atoms with Crippen molar-refractivity contribution < 1.29 is 14.6 Å². The van der Waals surface area contributed by atoms with Crippen molar-refractivity contribution in [2.24, 2.45) is 5.92 Å². The second-order valence-electron chi connectivity index (χ2n) is 4.03. The van der Waals surface area contributed by atoms with Gasteiger partial charge in [0.15, 0.2) is 0 Å². The number of methoxy groups -OCH3 is 1. The van der Waals surface area contributed by atoms with Crippen LogP contribution in [0.5, 0.6) is 5.75 Å². The third-order valence-electron chi connectivity index (χ3n) is 2.72. The van der Waals surface area contributed by atoms with E-state index in [9.17, 15) is 4.79 Å². The molecule has 0 aliphatic carbocycles. The molecule has 0 radical (unpaired) electrons. The predicted molar refractivity (Wildman–Crippen MR) is 68.9 cm³/mol. The molecule has 1 heterocycles. The van der Waals surface area contributed by atoms with E-state index in [-0.39, 0.29) is 5.92 Å². The van der Waals surface area contributed by atoms with Crippen molar-refractivity contribution in [3.63, 3.8) is 0 Å². The number of carboxylic acids is 1. The van der Waals surface area contributed by atoms with Crippen LogP contribution in [0.25, 0.3) is 10.1 Å². The molecule has 0 aliphatic rings.